The number of fused-ring (bicyclic) bond motifs is 1. The summed E-state index contributed by atoms with van der Waals surface area (Å²) < 4.78 is 6.04. The molecule has 0 unspecified atom stereocenters. The van der Waals surface area contributed by atoms with Crippen LogP contribution < -0.4 is 16.2 Å². The van der Waals surface area contributed by atoms with Gasteiger partial charge in [0.1, 0.15) is 21.2 Å². The molecule has 0 aliphatic rings. The zero-order chi connectivity index (χ0) is 19.7. The molecule has 2 heterocycles. The molecular weight excluding hydrogens is 364 g/mol. The number of nitrogens with two attached hydrogens (primary N) is 2. The van der Waals surface area contributed by atoms with Crippen molar-refractivity contribution in [1.29, 1.82) is 0 Å². The van der Waals surface area contributed by atoms with Gasteiger partial charge in [0.05, 0.1) is 17.5 Å². The highest BCUT2D eigenvalue weighted by Crippen LogP contribution is 2.40. The molecule has 0 atom stereocenters. The molecule has 0 spiro atoms. The Labute approximate surface area is 160 Å². The zero-order valence-corrected chi connectivity index (χ0v) is 16.1. The van der Waals surface area contributed by atoms with Crippen molar-refractivity contribution in [3.63, 3.8) is 0 Å². The van der Waals surface area contributed by atoms with Crippen LogP contribution in [-0.2, 0) is 11.2 Å². The van der Waals surface area contributed by atoms with E-state index in [1.165, 1.54) is 0 Å². The summed E-state index contributed by atoms with van der Waals surface area (Å²) >= 11 is 1.14. The number of aromatic nitrogens is 1. The van der Waals surface area contributed by atoms with Gasteiger partial charge in [0.25, 0.3) is 5.91 Å². The summed E-state index contributed by atoms with van der Waals surface area (Å²) in [5, 5.41) is 0.572. The van der Waals surface area contributed by atoms with Gasteiger partial charge < -0.3 is 21.1 Å². The normalized spacial score (nSPS) is 10.8. The van der Waals surface area contributed by atoms with E-state index < -0.39 is 5.91 Å². The first-order valence-electron chi connectivity index (χ1n) is 8.22. The summed E-state index contributed by atoms with van der Waals surface area (Å²) in [6.45, 7) is 1.91. The number of hydrogen-bond donors (Lipinski definition) is 2. The van der Waals surface area contributed by atoms with Crippen LogP contribution in [0, 0.1) is 6.92 Å². The second kappa shape index (κ2) is 7.24. The molecule has 8 heteroatoms. The van der Waals surface area contributed by atoms with Gasteiger partial charge in [0, 0.05) is 20.3 Å². The van der Waals surface area contributed by atoms with Crippen molar-refractivity contribution in [2.75, 3.05) is 19.8 Å². The van der Waals surface area contributed by atoms with Crippen molar-refractivity contribution in [2.45, 2.75) is 13.3 Å². The van der Waals surface area contributed by atoms with Crippen molar-refractivity contribution in [1.82, 2.24) is 9.88 Å². The van der Waals surface area contributed by atoms with Gasteiger partial charge in [0.15, 0.2) is 0 Å². The van der Waals surface area contributed by atoms with Gasteiger partial charge in [-0.05, 0) is 30.2 Å². The quantitative estimate of drug-likeness (QED) is 0.702. The number of anilines is 1. The Bertz CT molecular complexity index is 1040. The van der Waals surface area contributed by atoms with Gasteiger partial charge in [-0.25, -0.2) is 4.98 Å². The predicted octanol–water partition coefficient (Wildman–Crippen LogP) is 2.71. The van der Waals surface area contributed by atoms with Gasteiger partial charge in [-0.3, -0.25) is 9.59 Å². The maximum Gasteiger partial charge on any atom is 0.260 e. The molecule has 7 nitrogen and oxygen atoms in total. The Kier molecular flexibility index (Phi) is 5.00. The third-order valence-corrected chi connectivity index (χ3v) is 5.26. The molecule has 27 heavy (non-hydrogen) atoms. The number of carbonyl (C=O) groups excluding carboxylic acids is 2. The number of primary amides is 1. The number of amides is 2. The van der Waals surface area contributed by atoms with Crippen molar-refractivity contribution in [2.24, 2.45) is 5.73 Å². The fourth-order valence-electron chi connectivity index (χ4n) is 2.67. The fourth-order valence-corrected chi connectivity index (χ4v) is 3.60. The van der Waals surface area contributed by atoms with E-state index in [0.29, 0.717) is 28.1 Å². The summed E-state index contributed by atoms with van der Waals surface area (Å²) in [6, 6.07) is 7.28. The number of pyridine rings is 1. The molecule has 0 radical (unpaired) electrons. The highest BCUT2D eigenvalue weighted by molar-refractivity contribution is 7.21. The molecule has 0 fully saturated rings. The number of aryl methyl sites for hydroxylation is 1. The van der Waals surface area contributed by atoms with Crippen LogP contribution in [0.2, 0.25) is 0 Å². The Morgan fingerprint density at radius 2 is 1.96 bits per heavy atom. The largest absolute Gasteiger partial charge is 0.456 e. The van der Waals surface area contributed by atoms with Crippen molar-refractivity contribution in [3.05, 3.63) is 46.5 Å². The van der Waals surface area contributed by atoms with E-state index in [1.54, 1.807) is 31.3 Å². The van der Waals surface area contributed by atoms with Crippen LogP contribution in [0.5, 0.6) is 11.5 Å². The molecule has 0 saturated carbocycles. The van der Waals surface area contributed by atoms with Crippen molar-refractivity contribution < 1.29 is 14.3 Å². The number of likely N-dealkylation sites (N-methyl/N-ethyl adjacent to an activating group) is 1. The molecule has 0 aliphatic heterocycles. The third kappa shape index (κ3) is 3.70. The molecule has 2 amide bonds. The Morgan fingerprint density at radius 3 is 2.59 bits per heavy atom. The lowest BCUT2D eigenvalue weighted by Crippen LogP contribution is -2.23. The number of benzene rings is 1. The van der Waals surface area contributed by atoms with E-state index in [9.17, 15) is 9.59 Å². The summed E-state index contributed by atoms with van der Waals surface area (Å²) in [7, 11) is 3.46. The second-order valence-electron chi connectivity index (χ2n) is 6.37. The number of ether oxygens (including phenoxy) is 1. The molecule has 1 aromatic carbocycles. The highest BCUT2D eigenvalue weighted by Gasteiger charge is 2.19. The molecule has 0 bridgehead atoms. The first-order chi connectivity index (χ1) is 12.8. The summed E-state index contributed by atoms with van der Waals surface area (Å²) in [4.78, 5) is 30.1. The minimum absolute atomic E-state index is 0.0314. The van der Waals surface area contributed by atoms with Gasteiger partial charge in [-0.15, -0.1) is 11.3 Å². The van der Waals surface area contributed by atoms with E-state index in [2.05, 4.69) is 4.98 Å². The van der Waals surface area contributed by atoms with E-state index >= 15 is 0 Å². The monoisotopic (exact) mass is 384 g/mol. The number of carbonyl (C=O) groups is 2. The van der Waals surface area contributed by atoms with E-state index in [-0.39, 0.29) is 16.5 Å². The Morgan fingerprint density at radius 1 is 1.22 bits per heavy atom. The minimum Gasteiger partial charge on any atom is -0.456 e. The number of nitrogen functional groups attached to an aromatic ring is 1. The van der Waals surface area contributed by atoms with Gasteiger partial charge in [-0.2, -0.15) is 0 Å². The molecule has 3 aromatic rings. The van der Waals surface area contributed by atoms with E-state index in [0.717, 1.165) is 22.5 Å². The van der Waals surface area contributed by atoms with E-state index in [4.69, 9.17) is 16.2 Å². The minimum atomic E-state index is -0.590. The predicted molar refractivity (Wildman–Crippen MR) is 106 cm³/mol. The van der Waals surface area contributed by atoms with Crippen LogP contribution in [0.3, 0.4) is 0 Å². The number of rotatable bonds is 5. The number of thiophene rings is 1. The lowest BCUT2D eigenvalue weighted by atomic mass is 10.1. The molecule has 2 aromatic heterocycles. The van der Waals surface area contributed by atoms with Crippen molar-refractivity contribution in [3.8, 4) is 11.5 Å². The summed E-state index contributed by atoms with van der Waals surface area (Å²) in [6.07, 6.45) is 1.92. The SMILES string of the molecule is Cc1cc(CC(=O)N(C)C)ccc1Oc1ccnc2sc(C(N)=O)c(N)c12. The lowest BCUT2D eigenvalue weighted by molar-refractivity contribution is -0.127. The maximum atomic E-state index is 11.9. The number of hydrogen-bond acceptors (Lipinski definition) is 6. The maximum absolute atomic E-state index is 11.9. The first kappa shape index (κ1) is 18.7. The molecule has 4 N–H and O–H groups in total. The smallest absolute Gasteiger partial charge is 0.260 e. The standard InChI is InChI=1S/C19H20N4O3S/c1-10-8-11(9-14(24)23(2)3)4-5-12(10)26-13-6-7-22-19-15(13)16(20)17(27-19)18(21)25/h4-8H,9,20H2,1-3H3,(H2,21,25). The average Bonchev–Trinajstić information content (AvgIpc) is 2.95. The third-order valence-electron chi connectivity index (χ3n) is 4.13. The average molecular weight is 384 g/mol. The lowest BCUT2D eigenvalue weighted by Gasteiger charge is -2.13. The van der Waals surface area contributed by atoms with Crippen LogP contribution in [0.15, 0.2) is 30.5 Å². The zero-order valence-electron chi connectivity index (χ0n) is 15.3. The van der Waals surface area contributed by atoms with Crippen LogP contribution in [0.1, 0.15) is 20.8 Å². The van der Waals surface area contributed by atoms with Crippen LogP contribution >= 0.6 is 11.3 Å². The first-order valence-corrected chi connectivity index (χ1v) is 9.04. The molecule has 140 valence electrons. The molecule has 0 aliphatic carbocycles. The molecular formula is C19H20N4O3S. The summed E-state index contributed by atoms with van der Waals surface area (Å²) in [5.74, 6) is 0.577. The van der Waals surface area contributed by atoms with Crippen molar-refractivity contribution >= 4 is 39.1 Å². The Hall–Kier alpha value is -3.13. The van der Waals surface area contributed by atoms with Gasteiger partial charge in [-0.1, -0.05) is 12.1 Å². The number of nitrogens with zero attached hydrogens (tertiary/aromatic N) is 2. The van der Waals surface area contributed by atoms with Crippen LogP contribution in [0.4, 0.5) is 5.69 Å². The molecule has 3 rings (SSSR count). The highest BCUT2D eigenvalue weighted by atomic mass is 32.1. The van der Waals surface area contributed by atoms with Crippen LogP contribution in [-0.4, -0.2) is 35.8 Å². The molecule has 0 saturated heterocycles. The van der Waals surface area contributed by atoms with Gasteiger partial charge in [0.2, 0.25) is 5.91 Å². The summed E-state index contributed by atoms with van der Waals surface area (Å²) in [5.41, 5.74) is 13.5. The fraction of sp³-hybridized carbons (Fsp3) is 0.211. The van der Waals surface area contributed by atoms with Crippen LogP contribution in [0.25, 0.3) is 10.2 Å². The topological polar surface area (TPSA) is 112 Å². The van der Waals surface area contributed by atoms with Gasteiger partial charge >= 0.3 is 0 Å². The van der Waals surface area contributed by atoms with E-state index in [1.807, 2.05) is 25.1 Å². The second-order valence-corrected chi connectivity index (χ2v) is 7.36. The Balaban J connectivity index is 1.94.